The molecule has 0 aromatic heterocycles. The van der Waals surface area contributed by atoms with Crippen LogP contribution in [-0.4, -0.2) is 17.9 Å². The Morgan fingerprint density at radius 1 is 1.04 bits per heavy atom. The highest BCUT2D eigenvalue weighted by Crippen LogP contribution is 2.32. The van der Waals surface area contributed by atoms with Gasteiger partial charge in [0.05, 0.1) is 10.9 Å². The molecule has 1 atom stereocenters. The van der Waals surface area contributed by atoms with Crippen molar-refractivity contribution in [1.29, 1.82) is 0 Å². The van der Waals surface area contributed by atoms with Crippen LogP contribution >= 0.6 is 15.9 Å². The normalized spacial score (nSPS) is 17.1. The first-order valence-electron chi connectivity index (χ1n) is 7.07. The van der Waals surface area contributed by atoms with Crippen molar-refractivity contribution in [2.75, 3.05) is 0 Å². The second kappa shape index (κ2) is 6.79. The highest BCUT2D eigenvalue weighted by molar-refractivity contribution is 9.11. The SMILES string of the molecule is O=C1O[C@@H](CC(=O)c2ccccc2)C(Br)=C1Oc1ccccc1. The first-order chi connectivity index (χ1) is 11.1. The third-order valence-electron chi connectivity index (χ3n) is 3.36. The number of Topliss-reactive ketones (excluding diaryl/α,β-unsaturated/α-hetero) is 1. The predicted molar refractivity (Wildman–Crippen MR) is 88.3 cm³/mol. The zero-order chi connectivity index (χ0) is 16.2. The lowest BCUT2D eigenvalue weighted by Crippen LogP contribution is -2.15. The maximum atomic E-state index is 12.2. The van der Waals surface area contributed by atoms with Gasteiger partial charge in [-0.15, -0.1) is 0 Å². The Labute approximate surface area is 141 Å². The topological polar surface area (TPSA) is 52.6 Å². The number of benzene rings is 2. The summed E-state index contributed by atoms with van der Waals surface area (Å²) in [4.78, 5) is 24.2. The minimum atomic E-state index is -0.658. The Hall–Kier alpha value is -2.40. The Kier molecular flexibility index (Phi) is 4.57. The average molecular weight is 373 g/mol. The number of ketones is 1. The fourth-order valence-electron chi connectivity index (χ4n) is 2.22. The van der Waals surface area contributed by atoms with Gasteiger partial charge in [-0.1, -0.05) is 48.5 Å². The predicted octanol–water partition coefficient (Wildman–Crippen LogP) is 3.87. The summed E-state index contributed by atoms with van der Waals surface area (Å²) in [6, 6.07) is 17.8. The molecular formula is C18H13BrO4. The van der Waals surface area contributed by atoms with Crippen molar-refractivity contribution in [3.05, 3.63) is 76.5 Å². The molecule has 0 N–H and O–H groups in total. The van der Waals surface area contributed by atoms with Crippen LogP contribution in [0.5, 0.6) is 5.75 Å². The van der Waals surface area contributed by atoms with Gasteiger partial charge in [0.15, 0.2) is 5.78 Å². The number of ether oxygens (including phenoxy) is 2. The molecule has 0 radical (unpaired) electrons. The summed E-state index contributed by atoms with van der Waals surface area (Å²) in [5.74, 6) is -0.0543. The van der Waals surface area contributed by atoms with Gasteiger partial charge in [-0.25, -0.2) is 4.79 Å². The minimum absolute atomic E-state index is 0.0674. The molecule has 2 aromatic rings. The molecule has 0 saturated heterocycles. The Balaban J connectivity index is 1.75. The van der Waals surface area contributed by atoms with Gasteiger partial charge in [0.1, 0.15) is 11.9 Å². The van der Waals surface area contributed by atoms with Crippen LogP contribution < -0.4 is 4.74 Å². The van der Waals surface area contributed by atoms with Crippen LogP contribution in [0.15, 0.2) is 70.9 Å². The van der Waals surface area contributed by atoms with Crippen LogP contribution in [0.25, 0.3) is 0 Å². The number of hydrogen-bond donors (Lipinski definition) is 0. The first-order valence-corrected chi connectivity index (χ1v) is 7.86. The van der Waals surface area contributed by atoms with Gasteiger partial charge in [-0.2, -0.15) is 0 Å². The number of carbonyl (C=O) groups is 2. The van der Waals surface area contributed by atoms with Crippen LogP contribution in [0.2, 0.25) is 0 Å². The molecule has 3 rings (SSSR count). The zero-order valence-corrected chi connectivity index (χ0v) is 13.7. The number of cyclic esters (lactones) is 1. The van der Waals surface area contributed by atoms with Crippen LogP contribution in [-0.2, 0) is 9.53 Å². The van der Waals surface area contributed by atoms with Gasteiger partial charge in [0, 0.05) is 5.56 Å². The molecule has 1 aliphatic rings. The summed E-state index contributed by atoms with van der Waals surface area (Å²) in [6.45, 7) is 0. The fraction of sp³-hybridized carbons (Fsp3) is 0.111. The van der Waals surface area contributed by atoms with Crippen LogP contribution in [0.4, 0.5) is 0 Å². The number of carbonyl (C=O) groups excluding carboxylic acids is 2. The molecule has 116 valence electrons. The second-order valence-electron chi connectivity index (χ2n) is 4.98. The maximum Gasteiger partial charge on any atom is 0.375 e. The minimum Gasteiger partial charge on any atom is -0.450 e. The van der Waals surface area contributed by atoms with Gasteiger partial charge in [0.2, 0.25) is 5.76 Å². The van der Waals surface area contributed by atoms with E-state index in [4.69, 9.17) is 9.47 Å². The summed E-state index contributed by atoms with van der Waals surface area (Å²) < 4.78 is 11.3. The van der Waals surface area contributed by atoms with Gasteiger partial charge in [-0.3, -0.25) is 4.79 Å². The van der Waals surface area contributed by atoms with E-state index in [1.807, 2.05) is 12.1 Å². The fourth-order valence-corrected chi connectivity index (χ4v) is 2.71. The lowest BCUT2D eigenvalue weighted by Gasteiger charge is -2.08. The zero-order valence-electron chi connectivity index (χ0n) is 12.1. The molecule has 1 heterocycles. The van der Waals surface area contributed by atoms with Crippen molar-refractivity contribution in [2.45, 2.75) is 12.5 Å². The highest BCUT2D eigenvalue weighted by atomic mass is 79.9. The molecule has 0 fully saturated rings. The third-order valence-corrected chi connectivity index (χ3v) is 4.23. The number of rotatable bonds is 5. The van der Waals surface area contributed by atoms with Crippen molar-refractivity contribution in [2.24, 2.45) is 0 Å². The maximum absolute atomic E-state index is 12.2. The molecule has 0 saturated carbocycles. The number of para-hydroxylation sites is 1. The van der Waals surface area contributed by atoms with Crippen molar-refractivity contribution >= 4 is 27.7 Å². The molecule has 0 bridgehead atoms. The van der Waals surface area contributed by atoms with E-state index < -0.39 is 12.1 Å². The summed E-state index contributed by atoms with van der Waals surface area (Å²) in [5, 5.41) is 0. The first kappa shape index (κ1) is 15.5. The van der Waals surface area contributed by atoms with E-state index in [2.05, 4.69) is 15.9 Å². The molecule has 0 spiro atoms. The van der Waals surface area contributed by atoms with E-state index in [1.54, 1.807) is 48.5 Å². The molecule has 0 amide bonds. The molecule has 5 heteroatoms. The Morgan fingerprint density at radius 2 is 1.65 bits per heavy atom. The Morgan fingerprint density at radius 3 is 2.30 bits per heavy atom. The number of halogens is 1. The summed E-state index contributed by atoms with van der Waals surface area (Å²) in [5.41, 5.74) is 0.585. The lowest BCUT2D eigenvalue weighted by molar-refractivity contribution is -0.141. The molecule has 4 nitrogen and oxygen atoms in total. The van der Waals surface area contributed by atoms with E-state index in [0.29, 0.717) is 15.8 Å². The van der Waals surface area contributed by atoms with Gasteiger partial charge >= 0.3 is 5.97 Å². The largest absolute Gasteiger partial charge is 0.450 e. The molecule has 2 aromatic carbocycles. The number of esters is 1. The van der Waals surface area contributed by atoms with Crippen molar-refractivity contribution in [1.82, 2.24) is 0 Å². The van der Waals surface area contributed by atoms with Crippen molar-refractivity contribution < 1.29 is 19.1 Å². The van der Waals surface area contributed by atoms with Gasteiger partial charge in [0.25, 0.3) is 0 Å². The van der Waals surface area contributed by atoms with Gasteiger partial charge in [-0.05, 0) is 28.1 Å². The monoisotopic (exact) mass is 372 g/mol. The van der Waals surface area contributed by atoms with Crippen molar-refractivity contribution in [3.8, 4) is 5.75 Å². The van der Waals surface area contributed by atoms with E-state index in [1.165, 1.54) is 0 Å². The number of hydrogen-bond acceptors (Lipinski definition) is 4. The Bertz CT molecular complexity index is 753. The van der Waals surface area contributed by atoms with E-state index >= 15 is 0 Å². The van der Waals surface area contributed by atoms with Crippen LogP contribution in [0, 0.1) is 0 Å². The molecule has 23 heavy (non-hydrogen) atoms. The smallest absolute Gasteiger partial charge is 0.375 e. The third kappa shape index (κ3) is 3.51. The van der Waals surface area contributed by atoms with Crippen LogP contribution in [0.1, 0.15) is 16.8 Å². The summed E-state index contributed by atoms with van der Waals surface area (Å²) in [7, 11) is 0. The molecule has 0 unspecified atom stereocenters. The van der Waals surface area contributed by atoms with E-state index in [-0.39, 0.29) is 18.0 Å². The summed E-state index contributed by atoms with van der Waals surface area (Å²) in [6.07, 6.45) is -0.591. The quantitative estimate of drug-likeness (QED) is 0.590. The van der Waals surface area contributed by atoms with Crippen LogP contribution in [0.3, 0.4) is 0 Å². The lowest BCUT2D eigenvalue weighted by atomic mass is 10.1. The van der Waals surface area contributed by atoms with Gasteiger partial charge < -0.3 is 9.47 Å². The molecular weight excluding hydrogens is 360 g/mol. The van der Waals surface area contributed by atoms with E-state index in [9.17, 15) is 9.59 Å². The average Bonchev–Trinajstić information content (AvgIpc) is 2.84. The molecule has 1 aliphatic heterocycles. The van der Waals surface area contributed by atoms with Crippen molar-refractivity contribution in [3.63, 3.8) is 0 Å². The van der Waals surface area contributed by atoms with E-state index in [0.717, 1.165) is 0 Å². The standard InChI is InChI=1S/C18H13BrO4/c19-16-15(11-14(20)12-7-3-1-4-8-12)23-18(21)17(16)22-13-9-5-2-6-10-13/h1-10,15H,11H2/t15-/m0/s1. The highest BCUT2D eigenvalue weighted by Gasteiger charge is 2.36. The summed E-state index contributed by atoms with van der Waals surface area (Å²) >= 11 is 3.33. The molecule has 0 aliphatic carbocycles. The second-order valence-corrected chi connectivity index (χ2v) is 5.83.